The van der Waals surface area contributed by atoms with Crippen LogP contribution in [0.5, 0.6) is 0 Å². The molecule has 2 N–H and O–H groups in total. The topological polar surface area (TPSA) is 64.9 Å². The molecule has 1 atom stereocenters. The van der Waals surface area contributed by atoms with Crippen molar-refractivity contribution >= 4 is 23.4 Å². The van der Waals surface area contributed by atoms with Crippen LogP contribution in [0.25, 0.3) is 0 Å². The van der Waals surface area contributed by atoms with Crippen LogP contribution in [-0.4, -0.2) is 10.2 Å². The minimum absolute atomic E-state index is 0. The van der Waals surface area contributed by atoms with Gasteiger partial charge in [0.2, 0.25) is 5.89 Å². The molecule has 0 aliphatic carbocycles. The summed E-state index contributed by atoms with van der Waals surface area (Å²) in [5.41, 5.74) is 7.11. The molecule has 0 spiro atoms. The first-order chi connectivity index (χ1) is 9.06. The summed E-state index contributed by atoms with van der Waals surface area (Å²) in [5, 5.41) is 9.25. The molecule has 0 unspecified atom stereocenters. The fourth-order valence-corrected chi connectivity index (χ4v) is 2.28. The van der Waals surface area contributed by atoms with Gasteiger partial charge in [0.05, 0.1) is 6.04 Å². The van der Waals surface area contributed by atoms with Crippen molar-refractivity contribution in [1.82, 2.24) is 10.2 Å². The quantitative estimate of drug-likeness (QED) is 0.815. The highest BCUT2D eigenvalue weighted by Crippen LogP contribution is 2.25. The molecule has 0 amide bonds. The van der Waals surface area contributed by atoms with Crippen molar-refractivity contribution in [3.05, 3.63) is 40.7 Å². The first kappa shape index (κ1) is 17.3. The highest BCUT2D eigenvalue weighted by Gasteiger charge is 2.17. The van der Waals surface area contributed by atoms with Crippen molar-refractivity contribution in [3.63, 3.8) is 0 Å². The molecular weight excluding hydrogens is 317 g/mol. The van der Waals surface area contributed by atoms with Crippen LogP contribution in [0.3, 0.4) is 0 Å². The highest BCUT2D eigenvalue weighted by atomic mass is 35.5. The number of hydrogen-bond donors (Lipinski definition) is 1. The molecule has 7 heteroatoms. The molecular formula is C13H16Cl2N3OS-. The average molecular weight is 333 g/mol. The molecule has 0 saturated heterocycles. The van der Waals surface area contributed by atoms with Crippen LogP contribution in [0, 0.1) is 5.92 Å². The van der Waals surface area contributed by atoms with Gasteiger partial charge in [-0.3, -0.25) is 0 Å². The number of thioether (sulfide) groups is 1. The van der Waals surface area contributed by atoms with Gasteiger partial charge in [0, 0.05) is 10.8 Å². The Labute approximate surface area is 133 Å². The van der Waals surface area contributed by atoms with Crippen LogP contribution in [-0.2, 0) is 5.75 Å². The first-order valence-electron chi connectivity index (χ1n) is 6.02. The zero-order valence-electron chi connectivity index (χ0n) is 11.2. The summed E-state index contributed by atoms with van der Waals surface area (Å²) in [6.07, 6.45) is 0. The molecule has 1 aromatic heterocycles. The van der Waals surface area contributed by atoms with Gasteiger partial charge in [0.15, 0.2) is 0 Å². The Morgan fingerprint density at radius 1 is 1.25 bits per heavy atom. The van der Waals surface area contributed by atoms with Crippen molar-refractivity contribution in [2.24, 2.45) is 11.7 Å². The third kappa shape index (κ3) is 4.66. The summed E-state index contributed by atoms with van der Waals surface area (Å²) in [7, 11) is 0. The second-order valence-electron chi connectivity index (χ2n) is 4.59. The summed E-state index contributed by atoms with van der Waals surface area (Å²) in [6.45, 7) is 4.05. The maximum Gasteiger partial charge on any atom is 0.276 e. The third-order valence-corrected chi connectivity index (χ3v) is 3.84. The third-order valence-electron chi connectivity index (χ3n) is 2.70. The molecule has 0 radical (unpaired) electrons. The van der Waals surface area contributed by atoms with Crippen molar-refractivity contribution in [2.75, 3.05) is 0 Å². The molecule has 110 valence electrons. The molecule has 0 saturated carbocycles. The van der Waals surface area contributed by atoms with Crippen molar-refractivity contribution in [2.45, 2.75) is 30.9 Å². The Hall–Kier alpha value is -0.750. The van der Waals surface area contributed by atoms with E-state index >= 15 is 0 Å². The SMILES string of the molecule is CC(C)[C@H](N)c1nnc(SCc2ccc(Cl)cc2)o1.[Cl-]. The van der Waals surface area contributed by atoms with E-state index in [1.807, 2.05) is 38.1 Å². The van der Waals surface area contributed by atoms with Gasteiger partial charge in [-0.2, -0.15) is 0 Å². The summed E-state index contributed by atoms with van der Waals surface area (Å²) in [4.78, 5) is 0. The van der Waals surface area contributed by atoms with Gasteiger partial charge in [-0.15, -0.1) is 10.2 Å². The van der Waals surface area contributed by atoms with Crippen LogP contribution in [0.2, 0.25) is 5.02 Å². The summed E-state index contributed by atoms with van der Waals surface area (Å²) in [5.74, 6) is 1.53. The van der Waals surface area contributed by atoms with Gasteiger partial charge in [-0.25, -0.2) is 0 Å². The Morgan fingerprint density at radius 2 is 1.90 bits per heavy atom. The first-order valence-corrected chi connectivity index (χ1v) is 7.39. The zero-order valence-corrected chi connectivity index (χ0v) is 13.5. The van der Waals surface area contributed by atoms with Crippen molar-refractivity contribution in [1.29, 1.82) is 0 Å². The van der Waals surface area contributed by atoms with Crippen molar-refractivity contribution < 1.29 is 16.8 Å². The molecule has 4 nitrogen and oxygen atoms in total. The molecule has 0 fully saturated rings. The maximum absolute atomic E-state index is 5.95. The average Bonchev–Trinajstić information content (AvgIpc) is 2.86. The van der Waals surface area contributed by atoms with E-state index in [0.717, 1.165) is 16.3 Å². The lowest BCUT2D eigenvalue weighted by Gasteiger charge is -2.09. The van der Waals surface area contributed by atoms with Crippen LogP contribution in [0.1, 0.15) is 31.3 Å². The summed E-state index contributed by atoms with van der Waals surface area (Å²) < 4.78 is 5.54. The van der Waals surface area contributed by atoms with Gasteiger partial charge in [-0.05, 0) is 23.6 Å². The number of nitrogens with zero attached hydrogens (tertiary/aromatic N) is 2. The van der Waals surface area contributed by atoms with Crippen LogP contribution in [0.15, 0.2) is 33.9 Å². The number of aromatic nitrogens is 2. The van der Waals surface area contributed by atoms with Crippen LogP contribution < -0.4 is 18.1 Å². The fourth-order valence-electron chi connectivity index (χ4n) is 1.42. The van der Waals surface area contributed by atoms with E-state index in [1.54, 1.807) is 0 Å². The highest BCUT2D eigenvalue weighted by molar-refractivity contribution is 7.98. The van der Waals surface area contributed by atoms with Crippen molar-refractivity contribution in [3.8, 4) is 0 Å². The van der Waals surface area contributed by atoms with Crippen LogP contribution >= 0.6 is 23.4 Å². The second kappa shape index (κ2) is 7.88. The van der Waals surface area contributed by atoms with E-state index in [1.165, 1.54) is 11.8 Å². The standard InChI is InChI=1S/C13H16ClN3OS.ClH/c1-8(2)11(15)12-16-17-13(18-12)19-7-9-3-5-10(14)6-4-9;/h3-6,8,11H,7,15H2,1-2H3;1H/p-1/t11-;/m0./s1. The maximum atomic E-state index is 5.95. The number of halogens is 2. The van der Waals surface area contributed by atoms with E-state index in [-0.39, 0.29) is 24.4 Å². The lowest BCUT2D eigenvalue weighted by Crippen LogP contribution is -3.00. The minimum atomic E-state index is -0.211. The van der Waals surface area contributed by atoms with E-state index in [9.17, 15) is 0 Å². The van der Waals surface area contributed by atoms with Gasteiger partial charge in [-0.1, -0.05) is 49.3 Å². The van der Waals surface area contributed by atoms with Gasteiger partial charge < -0.3 is 22.6 Å². The Balaban J connectivity index is 0.00000200. The lowest BCUT2D eigenvalue weighted by molar-refractivity contribution is -0.00000470. The van der Waals surface area contributed by atoms with Gasteiger partial charge in [0.1, 0.15) is 0 Å². The number of benzene rings is 1. The molecule has 0 aliphatic heterocycles. The Bertz CT molecular complexity index is 531. The smallest absolute Gasteiger partial charge is 0.276 e. The van der Waals surface area contributed by atoms with Crippen LogP contribution in [0.4, 0.5) is 0 Å². The second-order valence-corrected chi connectivity index (χ2v) is 5.95. The number of nitrogens with two attached hydrogens (primary N) is 1. The Kier molecular flexibility index (Phi) is 6.82. The minimum Gasteiger partial charge on any atom is -1.00 e. The predicted octanol–water partition coefficient (Wildman–Crippen LogP) is 0.675. The molecule has 2 rings (SSSR count). The van der Waals surface area contributed by atoms with E-state index < -0.39 is 0 Å². The monoisotopic (exact) mass is 332 g/mol. The molecule has 2 aromatic rings. The zero-order chi connectivity index (χ0) is 13.8. The number of rotatable bonds is 5. The summed E-state index contributed by atoms with van der Waals surface area (Å²) in [6, 6.07) is 7.48. The summed E-state index contributed by atoms with van der Waals surface area (Å²) >= 11 is 7.33. The molecule has 1 aromatic carbocycles. The molecule has 1 heterocycles. The Morgan fingerprint density at radius 3 is 2.50 bits per heavy atom. The normalized spacial score (nSPS) is 12.2. The van der Waals surface area contributed by atoms with Gasteiger partial charge >= 0.3 is 0 Å². The lowest BCUT2D eigenvalue weighted by atomic mass is 10.1. The number of hydrogen-bond acceptors (Lipinski definition) is 5. The van der Waals surface area contributed by atoms with E-state index in [4.69, 9.17) is 21.8 Å². The predicted molar refractivity (Wildman–Crippen MR) is 77.1 cm³/mol. The van der Waals surface area contributed by atoms with Gasteiger partial charge in [0.25, 0.3) is 5.22 Å². The molecule has 0 aliphatic rings. The molecule has 20 heavy (non-hydrogen) atoms. The molecule has 0 bridgehead atoms. The largest absolute Gasteiger partial charge is 1.00 e. The fraction of sp³-hybridized carbons (Fsp3) is 0.385. The van der Waals surface area contributed by atoms with E-state index in [0.29, 0.717) is 11.1 Å². The van der Waals surface area contributed by atoms with E-state index in [2.05, 4.69) is 10.2 Å².